The van der Waals surface area contributed by atoms with Gasteiger partial charge in [-0.3, -0.25) is 9.59 Å². The van der Waals surface area contributed by atoms with E-state index in [2.05, 4.69) is 0 Å². The molecule has 4 rings (SSSR count). The number of benzene rings is 3. The molecule has 0 saturated carbocycles. The van der Waals surface area contributed by atoms with Crippen molar-refractivity contribution < 1.29 is 23.8 Å². The molecular formula is C25H22FNO4. The summed E-state index contributed by atoms with van der Waals surface area (Å²) in [5, 5.41) is 9.60. The molecule has 0 amide bonds. The number of carboxylic acid groups (broad SMARTS) is 1. The molecule has 3 aromatic rings. The van der Waals surface area contributed by atoms with E-state index in [0.717, 1.165) is 22.3 Å². The Kier molecular flexibility index (Phi) is 5.82. The average Bonchev–Trinajstić information content (AvgIpc) is 3.06. The molecule has 1 aliphatic rings. The van der Waals surface area contributed by atoms with Crippen LogP contribution in [0.25, 0.3) is 11.1 Å². The first-order valence-electron chi connectivity index (χ1n) is 10.0. The number of nitrogens with two attached hydrogens (primary N) is 1. The first kappa shape index (κ1) is 20.8. The zero-order valence-corrected chi connectivity index (χ0v) is 16.7. The highest BCUT2D eigenvalue weighted by molar-refractivity contribution is 5.95. The molecule has 3 N–H and O–H groups in total. The van der Waals surface area contributed by atoms with Crippen molar-refractivity contribution in [1.29, 1.82) is 0 Å². The van der Waals surface area contributed by atoms with E-state index in [-0.39, 0.29) is 18.9 Å². The molecule has 0 aliphatic heterocycles. The monoisotopic (exact) mass is 419 g/mol. The summed E-state index contributed by atoms with van der Waals surface area (Å²) in [6.45, 7) is 0.0172. The van der Waals surface area contributed by atoms with Crippen molar-refractivity contribution in [3.63, 3.8) is 0 Å². The van der Waals surface area contributed by atoms with E-state index in [0.29, 0.717) is 5.56 Å². The van der Waals surface area contributed by atoms with Gasteiger partial charge in [-0.05, 0) is 46.4 Å². The normalized spacial score (nSPS) is 14.4. The second-order valence-corrected chi connectivity index (χ2v) is 7.67. The fourth-order valence-corrected chi connectivity index (χ4v) is 4.21. The van der Waals surface area contributed by atoms with Gasteiger partial charge >= 0.3 is 11.9 Å². The van der Waals surface area contributed by atoms with Gasteiger partial charge in [-0.15, -0.1) is 0 Å². The van der Waals surface area contributed by atoms with Crippen LogP contribution in [0.2, 0.25) is 0 Å². The first-order valence-corrected chi connectivity index (χ1v) is 10.0. The number of carboxylic acids is 1. The Bertz CT molecular complexity index is 1080. The molecule has 0 saturated heterocycles. The lowest BCUT2D eigenvalue weighted by Gasteiger charge is -2.21. The van der Waals surface area contributed by atoms with Crippen LogP contribution < -0.4 is 5.73 Å². The number of aliphatic carboxylic acids is 1. The molecule has 0 spiro atoms. The molecule has 31 heavy (non-hydrogen) atoms. The number of fused-ring (bicyclic) bond motifs is 3. The Balaban J connectivity index is 1.49. The fraction of sp³-hybridized carbons (Fsp3) is 0.200. The van der Waals surface area contributed by atoms with Gasteiger partial charge in [-0.2, -0.15) is 0 Å². The molecule has 0 heterocycles. The van der Waals surface area contributed by atoms with Gasteiger partial charge in [-0.1, -0.05) is 60.7 Å². The van der Waals surface area contributed by atoms with Crippen LogP contribution in [0, 0.1) is 11.7 Å². The van der Waals surface area contributed by atoms with Gasteiger partial charge < -0.3 is 15.6 Å². The SMILES string of the molecule is NC(Cc1cccc(F)c1)C(C(=O)O)C(=O)OCC1c2ccccc2-c2ccccc21. The summed E-state index contributed by atoms with van der Waals surface area (Å²) < 4.78 is 18.9. The summed E-state index contributed by atoms with van der Waals surface area (Å²) in [5.74, 6) is -4.42. The van der Waals surface area contributed by atoms with E-state index >= 15 is 0 Å². The Morgan fingerprint density at radius 3 is 2.16 bits per heavy atom. The molecule has 0 bridgehead atoms. The molecule has 6 heteroatoms. The molecule has 5 nitrogen and oxygen atoms in total. The largest absolute Gasteiger partial charge is 0.481 e. The Morgan fingerprint density at radius 2 is 1.58 bits per heavy atom. The van der Waals surface area contributed by atoms with E-state index in [1.165, 1.54) is 18.2 Å². The summed E-state index contributed by atoms with van der Waals surface area (Å²) >= 11 is 0. The van der Waals surface area contributed by atoms with E-state index < -0.39 is 29.7 Å². The summed E-state index contributed by atoms with van der Waals surface area (Å²) in [6.07, 6.45) is 0.0406. The molecule has 158 valence electrons. The third kappa shape index (κ3) is 4.20. The van der Waals surface area contributed by atoms with Crippen molar-refractivity contribution in [2.45, 2.75) is 18.4 Å². The summed E-state index contributed by atoms with van der Waals surface area (Å²) in [5.41, 5.74) is 10.8. The lowest BCUT2D eigenvalue weighted by molar-refractivity contribution is -0.159. The zero-order chi connectivity index (χ0) is 22.0. The van der Waals surface area contributed by atoms with Crippen molar-refractivity contribution in [2.75, 3.05) is 6.61 Å². The zero-order valence-electron chi connectivity index (χ0n) is 16.7. The van der Waals surface area contributed by atoms with Gasteiger partial charge in [0.25, 0.3) is 0 Å². The molecule has 2 atom stereocenters. The van der Waals surface area contributed by atoms with Crippen molar-refractivity contribution in [3.05, 3.63) is 95.3 Å². The molecule has 0 aromatic heterocycles. The maximum absolute atomic E-state index is 13.4. The number of halogens is 1. The summed E-state index contributed by atoms with van der Waals surface area (Å²) in [7, 11) is 0. The standard InChI is InChI=1S/C25H22FNO4/c26-16-7-5-6-15(12-16)13-22(27)23(24(28)29)25(30)31-14-21-19-10-3-1-8-17(19)18-9-2-4-11-20(18)21/h1-12,21-23H,13-14,27H2,(H,28,29). The second kappa shape index (κ2) is 8.70. The highest BCUT2D eigenvalue weighted by Crippen LogP contribution is 2.44. The lowest BCUT2D eigenvalue weighted by Crippen LogP contribution is -2.43. The van der Waals surface area contributed by atoms with Crippen molar-refractivity contribution >= 4 is 11.9 Å². The number of esters is 1. The predicted octanol–water partition coefficient (Wildman–Crippen LogP) is 3.75. The van der Waals surface area contributed by atoms with Gasteiger partial charge in [0.2, 0.25) is 0 Å². The molecule has 0 fully saturated rings. The Hall–Kier alpha value is -3.51. The summed E-state index contributed by atoms with van der Waals surface area (Å²) in [4.78, 5) is 24.5. The quantitative estimate of drug-likeness (QED) is 0.450. The maximum Gasteiger partial charge on any atom is 0.321 e. The first-order chi connectivity index (χ1) is 15.0. The van der Waals surface area contributed by atoms with Crippen LogP contribution >= 0.6 is 0 Å². The van der Waals surface area contributed by atoms with Crippen LogP contribution in [0.3, 0.4) is 0 Å². The predicted molar refractivity (Wildman–Crippen MR) is 114 cm³/mol. The minimum atomic E-state index is -1.55. The van der Waals surface area contributed by atoms with Crippen molar-refractivity contribution in [1.82, 2.24) is 0 Å². The molecular weight excluding hydrogens is 397 g/mol. The molecule has 1 aliphatic carbocycles. The van der Waals surface area contributed by atoms with E-state index in [1.807, 2.05) is 48.5 Å². The minimum absolute atomic E-state index is 0.0172. The number of hydrogen-bond acceptors (Lipinski definition) is 4. The molecule has 3 aromatic carbocycles. The van der Waals surface area contributed by atoms with Gasteiger partial charge in [0.1, 0.15) is 12.4 Å². The highest BCUT2D eigenvalue weighted by atomic mass is 19.1. The maximum atomic E-state index is 13.4. The average molecular weight is 419 g/mol. The van der Waals surface area contributed by atoms with Crippen LogP contribution in [0.1, 0.15) is 22.6 Å². The van der Waals surface area contributed by atoms with E-state index in [9.17, 15) is 19.1 Å². The second-order valence-electron chi connectivity index (χ2n) is 7.67. The van der Waals surface area contributed by atoms with Crippen LogP contribution in [0.4, 0.5) is 4.39 Å². The third-order valence-electron chi connectivity index (χ3n) is 5.66. The number of carbonyl (C=O) groups is 2. The minimum Gasteiger partial charge on any atom is -0.481 e. The Morgan fingerprint density at radius 1 is 0.968 bits per heavy atom. The molecule has 0 radical (unpaired) electrons. The highest BCUT2D eigenvalue weighted by Gasteiger charge is 2.36. The number of ether oxygens (including phenoxy) is 1. The number of carbonyl (C=O) groups excluding carboxylic acids is 1. The molecule has 2 unspecified atom stereocenters. The fourth-order valence-electron chi connectivity index (χ4n) is 4.21. The van der Waals surface area contributed by atoms with Gasteiger partial charge in [0.15, 0.2) is 5.92 Å². The van der Waals surface area contributed by atoms with Crippen LogP contribution in [0.5, 0.6) is 0 Å². The van der Waals surface area contributed by atoms with Crippen molar-refractivity contribution in [2.24, 2.45) is 11.7 Å². The van der Waals surface area contributed by atoms with E-state index in [1.54, 1.807) is 6.07 Å². The van der Waals surface area contributed by atoms with Crippen molar-refractivity contribution in [3.8, 4) is 11.1 Å². The van der Waals surface area contributed by atoms with Gasteiger partial charge in [-0.25, -0.2) is 4.39 Å². The van der Waals surface area contributed by atoms with Crippen LogP contribution in [0.15, 0.2) is 72.8 Å². The van der Waals surface area contributed by atoms with Crippen LogP contribution in [-0.2, 0) is 20.7 Å². The third-order valence-corrected chi connectivity index (χ3v) is 5.66. The lowest BCUT2D eigenvalue weighted by atomic mass is 9.94. The Labute approximate surface area is 179 Å². The van der Waals surface area contributed by atoms with Gasteiger partial charge in [0.05, 0.1) is 0 Å². The van der Waals surface area contributed by atoms with Crippen LogP contribution in [-0.4, -0.2) is 29.7 Å². The van der Waals surface area contributed by atoms with Gasteiger partial charge in [0, 0.05) is 12.0 Å². The topological polar surface area (TPSA) is 89.6 Å². The van der Waals surface area contributed by atoms with E-state index in [4.69, 9.17) is 10.5 Å². The smallest absolute Gasteiger partial charge is 0.321 e. The summed E-state index contributed by atoms with van der Waals surface area (Å²) in [6, 6.07) is 20.4. The number of rotatable bonds is 7. The number of hydrogen-bond donors (Lipinski definition) is 2.